The highest BCUT2D eigenvalue weighted by Crippen LogP contribution is 2.36. The number of rotatable bonds is 5. The van der Waals surface area contributed by atoms with Crippen LogP contribution in [0, 0.1) is 6.92 Å². The minimum absolute atomic E-state index is 0.0321. The fraction of sp³-hybridized carbons (Fsp3) is 0.316. The quantitative estimate of drug-likeness (QED) is 0.857. The van der Waals surface area contributed by atoms with Crippen molar-refractivity contribution in [2.45, 2.75) is 25.6 Å². The molecule has 0 radical (unpaired) electrons. The molecule has 1 heterocycles. The van der Waals surface area contributed by atoms with E-state index in [-0.39, 0.29) is 11.9 Å². The summed E-state index contributed by atoms with van der Waals surface area (Å²) in [6.07, 6.45) is 0. The number of carbonyl (C=O) groups is 1. The fourth-order valence-electron chi connectivity index (χ4n) is 3.08. The first-order chi connectivity index (χ1) is 11.5. The summed E-state index contributed by atoms with van der Waals surface area (Å²) in [5.74, 6) is 1.29. The summed E-state index contributed by atoms with van der Waals surface area (Å²) in [6.45, 7) is 2.53. The molecular weight excluding hydrogens is 304 g/mol. The van der Waals surface area contributed by atoms with Crippen molar-refractivity contribution in [3.05, 3.63) is 59.2 Å². The normalized spacial score (nSPS) is 19.8. The fourth-order valence-corrected chi connectivity index (χ4v) is 3.08. The molecule has 5 nitrogen and oxygen atoms in total. The van der Waals surface area contributed by atoms with E-state index in [2.05, 4.69) is 0 Å². The highest BCUT2D eigenvalue weighted by atomic mass is 16.5. The van der Waals surface area contributed by atoms with Gasteiger partial charge in [-0.05, 0) is 30.2 Å². The molecule has 2 unspecified atom stereocenters. The number of aryl methyl sites for hydroxylation is 1. The van der Waals surface area contributed by atoms with Crippen LogP contribution in [0.25, 0.3) is 0 Å². The second-order valence-electron chi connectivity index (χ2n) is 6.04. The zero-order valence-electron chi connectivity index (χ0n) is 14.2. The summed E-state index contributed by atoms with van der Waals surface area (Å²) in [7, 11) is 3.20. The molecule has 1 amide bonds. The van der Waals surface area contributed by atoms with Gasteiger partial charge >= 0.3 is 0 Å². The van der Waals surface area contributed by atoms with Gasteiger partial charge in [0.15, 0.2) is 11.5 Å². The Morgan fingerprint density at radius 3 is 2.33 bits per heavy atom. The molecule has 0 aromatic heterocycles. The average Bonchev–Trinajstić information content (AvgIpc) is 2.62. The smallest absolute Gasteiger partial charge is 0.242 e. The van der Waals surface area contributed by atoms with Gasteiger partial charge in [-0.3, -0.25) is 4.79 Å². The molecule has 0 spiro atoms. The van der Waals surface area contributed by atoms with Crippen molar-refractivity contribution in [3.8, 4) is 11.5 Å². The van der Waals surface area contributed by atoms with Gasteiger partial charge in [0.05, 0.1) is 20.3 Å². The lowest BCUT2D eigenvalue weighted by Gasteiger charge is -2.46. The Labute approximate surface area is 142 Å². The van der Waals surface area contributed by atoms with E-state index in [1.165, 1.54) is 5.56 Å². The number of hydrogen-bond donors (Lipinski definition) is 1. The molecule has 1 aliphatic rings. The maximum absolute atomic E-state index is 12.2. The van der Waals surface area contributed by atoms with E-state index in [0.717, 1.165) is 11.1 Å². The standard InChI is InChI=1S/C19H22N2O3/c1-12-4-7-14(8-5-12)18-17(20)19(22)21(18)11-13-6-9-15(23-2)16(10-13)24-3/h4-10,17-18H,11,20H2,1-3H3. The molecule has 2 aromatic carbocycles. The van der Waals surface area contributed by atoms with Crippen LogP contribution in [0.1, 0.15) is 22.7 Å². The summed E-state index contributed by atoms with van der Waals surface area (Å²) < 4.78 is 10.6. The Bertz CT molecular complexity index is 743. The molecule has 0 bridgehead atoms. The van der Waals surface area contributed by atoms with Crippen LogP contribution in [0.3, 0.4) is 0 Å². The maximum atomic E-state index is 12.2. The molecule has 5 heteroatoms. The number of carbonyl (C=O) groups excluding carboxylic acids is 1. The molecule has 0 saturated carbocycles. The van der Waals surface area contributed by atoms with E-state index in [9.17, 15) is 4.79 Å². The van der Waals surface area contributed by atoms with Crippen LogP contribution in [0.4, 0.5) is 0 Å². The Morgan fingerprint density at radius 2 is 1.71 bits per heavy atom. The first-order valence-corrected chi connectivity index (χ1v) is 7.88. The molecule has 1 saturated heterocycles. The highest BCUT2D eigenvalue weighted by molar-refractivity contribution is 5.89. The van der Waals surface area contributed by atoms with Crippen molar-refractivity contribution < 1.29 is 14.3 Å². The monoisotopic (exact) mass is 326 g/mol. The SMILES string of the molecule is COc1ccc(CN2C(=O)C(N)C2c2ccc(C)cc2)cc1OC. The van der Waals surface area contributed by atoms with Gasteiger partial charge in [-0.1, -0.05) is 35.9 Å². The van der Waals surface area contributed by atoms with E-state index < -0.39 is 6.04 Å². The number of β-lactam (4-membered cyclic amide) rings is 1. The number of nitrogens with two attached hydrogens (primary N) is 1. The van der Waals surface area contributed by atoms with Crippen molar-refractivity contribution in [2.75, 3.05) is 14.2 Å². The van der Waals surface area contributed by atoms with Gasteiger partial charge in [0, 0.05) is 6.54 Å². The predicted molar refractivity (Wildman–Crippen MR) is 92.0 cm³/mol. The zero-order chi connectivity index (χ0) is 17.3. The van der Waals surface area contributed by atoms with E-state index in [1.807, 2.05) is 49.4 Å². The molecule has 2 N–H and O–H groups in total. The van der Waals surface area contributed by atoms with Crippen molar-refractivity contribution in [1.82, 2.24) is 4.90 Å². The molecule has 24 heavy (non-hydrogen) atoms. The van der Waals surface area contributed by atoms with Crippen LogP contribution >= 0.6 is 0 Å². The Kier molecular flexibility index (Phi) is 4.44. The third kappa shape index (κ3) is 2.83. The van der Waals surface area contributed by atoms with Gasteiger partial charge in [-0.25, -0.2) is 0 Å². The summed E-state index contributed by atoms with van der Waals surface area (Å²) in [5.41, 5.74) is 9.27. The lowest BCUT2D eigenvalue weighted by atomic mass is 9.88. The van der Waals surface area contributed by atoms with Crippen molar-refractivity contribution in [1.29, 1.82) is 0 Å². The van der Waals surface area contributed by atoms with E-state index in [1.54, 1.807) is 19.1 Å². The molecular formula is C19H22N2O3. The molecule has 126 valence electrons. The number of hydrogen-bond acceptors (Lipinski definition) is 4. The van der Waals surface area contributed by atoms with Gasteiger partial charge in [0.2, 0.25) is 5.91 Å². The lowest BCUT2D eigenvalue weighted by molar-refractivity contribution is -0.150. The van der Waals surface area contributed by atoms with Crippen LogP contribution < -0.4 is 15.2 Å². The zero-order valence-corrected chi connectivity index (χ0v) is 14.2. The van der Waals surface area contributed by atoms with E-state index in [0.29, 0.717) is 18.0 Å². The highest BCUT2D eigenvalue weighted by Gasteiger charge is 2.45. The van der Waals surface area contributed by atoms with Crippen LogP contribution in [0.2, 0.25) is 0 Å². The molecule has 3 rings (SSSR count). The van der Waals surface area contributed by atoms with Gasteiger partial charge in [-0.2, -0.15) is 0 Å². The summed E-state index contributed by atoms with van der Waals surface area (Å²) >= 11 is 0. The van der Waals surface area contributed by atoms with Crippen molar-refractivity contribution in [2.24, 2.45) is 5.73 Å². The van der Waals surface area contributed by atoms with Crippen LogP contribution in [-0.2, 0) is 11.3 Å². The minimum Gasteiger partial charge on any atom is -0.493 e. The lowest BCUT2D eigenvalue weighted by Crippen LogP contribution is -2.62. The van der Waals surface area contributed by atoms with Crippen molar-refractivity contribution >= 4 is 5.91 Å². The summed E-state index contributed by atoms with van der Waals surface area (Å²) in [4.78, 5) is 14.0. The third-order valence-electron chi connectivity index (χ3n) is 4.46. The number of ether oxygens (including phenoxy) is 2. The van der Waals surface area contributed by atoms with Crippen molar-refractivity contribution in [3.63, 3.8) is 0 Å². The second kappa shape index (κ2) is 6.53. The summed E-state index contributed by atoms with van der Waals surface area (Å²) in [5, 5.41) is 0. The Hall–Kier alpha value is -2.53. The third-order valence-corrected chi connectivity index (χ3v) is 4.46. The van der Waals surface area contributed by atoms with Crippen LogP contribution in [-0.4, -0.2) is 31.1 Å². The number of methoxy groups -OCH3 is 2. The Balaban J connectivity index is 1.83. The minimum atomic E-state index is -0.479. The van der Waals surface area contributed by atoms with Gasteiger partial charge < -0.3 is 20.1 Å². The number of nitrogens with zero attached hydrogens (tertiary/aromatic N) is 1. The number of amides is 1. The molecule has 1 fully saturated rings. The molecule has 1 aliphatic heterocycles. The largest absolute Gasteiger partial charge is 0.493 e. The number of benzene rings is 2. The molecule has 0 aliphatic carbocycles. The average molecular weight is 326 g/mol. The second-order valence-corrected chi connectivity index (χ2v) is 6.04. The van der Waals surface area contributed by atoms with Gasteiger partial charge in [0.1, 0.15) is 6.04 Å². The number of likely N-dealkylation sites (tertiary alicyclic amines) is 1. The first kappa shape index (κ1) is 16.3. The van der Waals surface area contributed by atoms with Gasteiger partial charge in [-0.15, -0.1) is 0 Å². The van der Waals surface area contributed by atoms with Gasteiger partial charge in [0.25, 0.3) is 0 Å². The summed E-state index contributed by atoms with van der Waals surface area (Å²) in [6, 6.07) is 13.3. The molecule has 2 atom stereocenters. The topological polar surface area (TPSA) is 64.8 Å². The van der Waals surface area contributed by atoms with Crippen LogP contribution in [0.15, 0.2) is 42.5 Å². The van der Waals surface area contributed by atoms with E-state index >= 15 is 0 Å². The predicted octanol–water partition coefficient (Wildman–Crippen LogP) is 2.42. The molecule has 2 aromatic rings. The Morgan fingerprint density at radius 1 is 1.04 bits per heavy atom. The van der Waals surface area contributed by atoms with Crippen LogP contribution in [0.5, 0.6) is 11.5 Å². The first-order valence-electron chi connectivity index (χ1n) is 7.88. The van der Waals surface area contributed by atoms with E-state index in [4.69, 9.17) is 15.2 Å². The maximum Gasteiger partial charge on any atom is 0.242 e.